The number of carbonyl (C=O) groups excluding carboxylic acids is 1. The molecule has 0 saturated carbocycles. The Morgan fingerprint density at radius 3 is 2.27 bits per heavy atom. The highest BCUT2D eigenvalue weighted by Crippen LogP contribution is 2.32. The van der Waals surface area contributed by atoms with Crippen molar-refractivity contribution in [2.45, 2.75) is 71.8 Å². The summed E-state index contributed by atoms with van der Waals surface area (Å²) >= 11 is 0. The molecule has 26 heavy (non-hydrogen) atoms. The number of ether oxygens (including phenoxy) is 2. The standard InChI is InChI=1S/C20H33NO5/c1-5-6-7-8-9-10-13-26-19-14-17(20(24)25-4)11-12-18(19)21(15(2)22)16(3)23/h11-12,14-16,22-23H,5-10,13H2,1-4H3. The molecule has 0 aliphatic carbocycles. The number of anilines is 1. The average molecular weight is 367 g/mol. The number of methoxy groups -OCH3 is 1. The van der Waals surface area contributed by atoms with Gasteiger partial charge < -0.3 is 24.6 Å². The fourth-order valence-corrected chi connectivity index (χ4v) is 2.87. The Balaban J connectivity index is 2.87. The molecule has 1 aromatic rings. The van der Waals surface area contributed by atoms with E-state index in [1.54, 1.807) is 32.0 Å². The van der Waals surface area contributed by atoms with Gasteiger partial charge in [-0.3, -0.25) is 0 Å². The Kier molecular flexibility index (Phi) is 10.1. The second-order valence-electron chi connectivity index (χ2n) is 6.46. The van der Waals surface area contributed by atoms with Crippen LogP contribution in [0, 0.1) is 0 Å². The smallest absolute Gasteiger partial charge is 0.337 e. The van der Waals surface area contributed by atoms with Crippen LogP contribution in [-0.2, 0) is 4.74 Å². The Bertz CT molecular complexity index is 537. The topological polar surface area (TPSA) is 79.2 Å². The largest absolute Gasteiger partial charge is 0.491 e. The zero-order chi connectivity index (χ0) is 19.5. The molecule has 2 atom stereocenters. The van der Waals surface area contributed by atoms with Crippen molar-refractivity contribution in [2.75, 3.05) is 18.6 Å². The van der Waals surface area contributed by atoms with Crippen molar-refractivity contribution in [3.8, 4) is 5.75 Å². The van der Waals surface area contributed by atoms with Crippen molar-refractivity contribution >= 4 is 11.7 Å². The summed E-state index contributed by atoms with van der Waals surface area (Å²) in [7, 11) is 1.32. The summed E-state index contributed by atoms with van der Waals surface area (Å²) in [6.07, 6.45) is 5.07. The molecular formula is C20H33NO5. The first-order valence-electron chi connectivity index (χ1n) is 9.42. The molecule has 0 aliphatic rings. The van der Waals surface area contributed by atoms with Crippen LogP contribution in [0.4, 0.5) is 5.69 Å². The second-order valence-corrected chi connectivity index (χ2v) is 6.46. The van der Waals surface area contributed by atoms with Crippen LogP contribution >= 0.6 is 0 Å². The molecule has 0 spiro atoms. The van der Waals surface area contributed by atoms with Gasteiger partial charge in [0.2, 0.25) is 0 Å². The van der Waals surface area contributed by atoms with E-state index in [0.717, 1.165) is 12.8 Å². The van der Waals surface area contributed by atoms with Gasteiger partial charge in [0, 0.05) is 0 Å². The van der Waals surface area contributed by atoms with E-state index in [1.165, 1.54) is 37.7 Å². The Labute approximate surface area is 156 Å². The van der Waals surface area contributed by atoms with Crippen LogP contribution in [0.5, 0.6) is 5.75 Å². The molecule has 0 aromatic heterocycles. The summed E-state index contributed by atoms with van der Waals surface area (Å²) in [5.41, 5.74) is 0.902. The highest BCUT2D eigenvalue weighted by atomic mass is 16.5. The van der Waals surface area contributed by atoms with Gasteiger partial charge >= 0.3 is 5.97 Å². The molecular weight excluding hydrogens is 334 g/mol. The summed E-state index contributed by atoms with van der Waals surface area (Å²) in [6.45, 7) is 5.84. The van der Waals surface area contributed by atoms with Crippen LogP contribution in [-0.4, -0.2) is 42.4 Å². The maximum atomic E-state index is 11.8. The second kappa shape index (κ2) is 11.8. The van der Waals surface area contributed by atoms with E-state index in [1.807, 2.05) is 0 Å². The predicted octanol–water partition coefficient (Wildman–Crippen LogP) is 3.70. The minimum atomic E-state index is -0.907. The molecule has 0 radical (unpaired) electrons. The Morgan fingerprint density at radius 2 is 1.69 bits per heavy atom. The van der Waals surface area contributed by atoms with E-state index in [2.05, 4.69) is 6.92 Å². The number of carbonyl (C=O) groups is 1. The number of hydrogen-bond acceptors (Lipinski definition) is 6. The normalized spacial score (nSPS) is 13.2. The zero-order valence-electron chi connectivity index (χ0n) is 16.4. The number of benzene rings is 1. The number of esters is 1. The van der Waals surface area contributed by atoms with Crippen molar-refractivity contribution in [3.63, 3.8) is 0 Å². The molecule has 0 saturated heterocycles. The van der Waals surface area contributed by atoms with Gasteiger partial charge in [0.1, 0.15) is 18.2 Å². The molecule has 0 heterocycles. The van der Waals surface area contributed by atoms with E-state index in [9.17, 15) is 15.0 Å². The van der Waals surface area contributed by atoms with Gasteiger partial charge in [0.25, 0.3) is 0 Å². The first-order chi connectivity index (χ1) is 12.4. The fourth-order valence-electron chi connectivity index (χ4n) is 2.87. The lowest BCUT2D eigenvalue weighted by Crippen LogP contribution is -2.40. The molecule has 148 valence electrons. The monoisotopic (exact) mass is 367 g/mol. The van der Waals surface area contributed by atoms with Gasteiger partial charge in [0.05, 0.1) is 25.0 Å². The summed E-state index contributed by atoms with van der Waals surface area (Å²) in [6, 6.07) is 4.84. The SMILES string of the molecule is CCCCCCCCOc1cc(C(=O)OC)ccc1N(C(C)O)C(C)O. The van der Waals surface area contributed by atoms with Gasteiger partial charge in [-0.25, -0.2) is 4.79 Å². The molecule has 1 aromatic carbocycles. The van der Waals surface area contributed by atoms with E-state index >= 15 is 0 Å². The number of unbranched alkanes of at least 4 members (excludes halogenated alkanes) is 5. The van der Waals surface area contributed by atoms with Gasteiger partial charge in [-0.05, 0) is 38.5 Å². The molecule has 0 bridgehead atoms. The van der Waals surface area contributed by atoms with Crippen LogP contribution < -0.4 is 9.64 Å². The molecule has 2 N–H and O–H groups in total. The zero-order valence-corrected chi connectivity index (χ0v) is 16.4. The lowest BCUT2D eigenvalue weighted by Gasteiger charge is -2.32. The highest BCUT2D eigenvalue weighted by molar-refractivity contribution is 5.90. The minimum absolute atomic E-state index is 0.366. The number of hydrogen-bond donors (Lipinski definition) is 2. The van der Waals surface area contributed by atoms with Crippen LogP contribution in [0.3, 0.4) is 0 Å². The quantitative estimate of drug-likeness (QED) is 0.333. The Morgan fingerprint density at radius 1 is 1.08 bits per heavy atom. The molecule has 6 heteroatoms. The summed E-state index contributed by atoms with van der Waals surface area (Å²) in [5, 5.41) is 20.0. The van der Waals surface area contributed by atoms with Crippen LogP contribution in [0.15, 0.2) is 18.2 Å². The van der Waals surface area contributed by atoms with E-state index in [0.29, 0.717) is 23.6 Å². The number of aliphatic hydroxyl groups is 2. The summed E-state index contributed by atoms with van der Waals surface area (Å²) < 4.78 is 10.6. The van der Waals surface area contributed by atoms with Gasteiger partial charge in [0.15, 0.2) is 0 Å². The predicted molar refractivity (Wildman–Crippen MR) is 102 cm³/mol. The molecule has 6 nitrogen and oxygen atoms in total. The third-order valence-corrected chi connectivity index (χ3v) is 4.22. The van der Waals surface area contributed by atoms with Gasteiger partial charge in [-0.2, -0.15) is 0 Å². The highest BCUT2D eigenvalue weighted by Gasteiger charge is 2.22. The third-order valence-electron chi connectivity index (χ3n) is 4.22. The van der Waals surface area contributed by atoms with Crippen LogP contribution in [0.1, 0.15) is 69.7 Å². The Hall–Kier alpha value is -1.79. The van der Waals surface area contributed by atoms with Gasteiger partial charge in [-0.1, -0.05) is 39.0 Å². The fraction of sp³-hybridized carbons (Fsp3) is 0.650. The number of rotatable bonds is 12. The van der Waals surface area contributed by atoms with Crippen molar-refractivity contribution in [2.24, 2.45) is 0 Å². The average Bonchev–Trinajstić information content (AvgIpc) is 2.60. The van der Waals surface area contributed by atoms with Crippen molar-refractivity contribution < 1.29 is 24.5 Å². The van der Waals surface area contributed by atoms with Crippen molar-refractivity contribution in [1.29, 1.82) is 0 Å². The molecule has 0 fully saturated rings. The maximum Gasteiger partial charge on any atom is 0.337 e. The lowest BCUT2D eigenvalue weighted by atomic mass is 10.1. The minimum Gasteiger partial charge on any atom is -0.491 e. The summed E-state index contributed by atoms with van der Waals surface area (Å²) in [4.78, 5) is 13.2. The van der Waals surface area contributed by atoms with Gasteiger partial charge in [-0.15, -0.1) is 0 Å². The first kappa shape index (κ1) is 22.3. The lowest BCUT2D eigenvalue weighted by molar-refractivity contribution is 0.0600. The van der Waals surface area contributed by atoms with E-state index in [-0.39, 0.29) is 0 Å². The number of nitrogens with zero attached hydrogens (tertiary/aromatic N) is 1. The molecule has 0 amide bonds. The number of aliphatic hydroxyl groups excluding tert-OH is 2. The molecule has 0 aliphatic heterocycles. The van der Waals surface area contributed by atoms with Crippen LogP contribution in [0.2, 0.25) is 0 Å². The van der Waals surface area contributed by atoms with Crippen molar-refractivity contribution in [3.05, 3.63) is 23.8 Å². The van der Waals surface area contributed by atoms with E-state index < -0.39 is 18.4 Å². The summed E-state index contributed by atoms with van der Waals surface area (Å²) in [5.74, 6) is -0.00938. The maximum absolute atomic E-state index is 11.8. The molecule has 2 unspecified atom stereocenters. The van der Waals surface area contributed by atoms with Crippen molar-refractivity contribution in [1.82, 2.24) is 0 Å². The van der Waals surface area contributed by atoms with Crippen LogP contribution in [0.25, 0.3) is 0 Å². The molecule has 1 rings (SSSR count). The van der Waals surface area contributed by atoms with E-state index in [4.69, 9.17) is 9.47 Å². The third kappa shape index (κ3) is 6.84. The first-order valence-corrected chi connectivity index (χ1v) is 9.42.